The molecule has 0 spiro atoms. The van der Waals surface area contributed by atoms with Crippen LogP contribution in [0.3, 0.4) is 0 Å². The molecule has 1 aromatic heterocycles. The molecule has 0 aliphatic carbocycles. The monoisotopic (exact) mass is 362 g/mol. The second-order valence-corrected chi connectivity index (χ2v) is 8.53. The third-order valence-electron chi connectivity index (χ3n) is 4.15. The summed E-state index contributed by atoms with van der Waals surface area (Å²) in [7, 11) is -3.66. The normalized spacial score (nSPS) is 12.6. The Morgan fingerprint density at radius 1 is 1.08 bits per heavy atom. The number of fused-ring (bicyclic) bond motifs is 1. The zero-order valence-corrected chi connectivity index (χ0v) is 15.1. The maximum Gasteiger partial charge on any atom is 0.242 e. The predicted octanol–water partition coefficient (Wildman–Crippen LogP) is 4.08. The van der Waals surface area contributed by atoms with E-state index in [4.69, 9.17) is 11.6 Å². The van der Waals surface area contributed by atoms with E-state index in [-0.39, 0.29) is 21.9 Å². The first-order chi connectivity index (χ1) is 11.3. The Bertz CT molecular complexity index is 977. The average molecular weight is 363 g/mol. The van der Waals surface area contributed by atoms with Gasteiger partial charge < -0.3 is 4.98 Å². The van der Waals surface area contributed by atoms with Gasteiger partial charge >= 0.3 is 0 Å². The summed E-state index contributed by atoms with van der Waals surface area (Å²) >= 11 is 6.01. The lowest BCUT2D eigenvalue weighted by Crippen LogP contribution is -2.36. The van der Waals surface area contributed by atoms with Gasteiger partial charge in [-0.15, -0.1) is 0 Å². The van der Waals surface area contributed by atoms with Crippen LogP contribution in [0.4, 0.5) is 0 Å². The Kier molecular flexibility index (Phi) is 4.42. The summed E-state index contributed by atoms with van der Waals surface area (Å²) < 4.78 is 27.7. The highest BCUT2D eigenvalue weighted by Crippen LogP contribution is 2.30. The van der Waals surface area contributed by atoms with Gasteiger partial charge in [0.1, 0.15) is 4.90 Å². The molecule has 6 heteroatoms. The molecule has 0 radical (unpaired) electrons. The van der Waals surface area contributed by atoms with Crippen LogP contribution in [0.1, 0.15) is 19.4 Å². The van der Waals surface area contributed by atoms with Crippen LogP contribution in [-0.2, 0) is 15.4 Å². The highest BCUT2D eigenvalue weighted by atomic mass is 35.5. The molecule has 0 aliphatic heterocycles. The van der Waals surface area contributed by atoms with Gasteiger partial charge in [0.25, 0.3) is 0 Å². The number of aromatic amines is 1. The van der Waals surface area contributed by atoms with E-state index >= 15 is 0 Å². The van der Waals surface area contributed by atoms with Crippen LogP contribution >= 0.6 is 11.6 Å². The molecule has 0 unspecified atom stereocenters. The fourth-order valence-corrected chi connectivity index (χ4v) is 4.47. The topological polar surface area (TPSA) is 62.0 Å². The van der Waals surface area contributed by atoms with Gasteiger partial charge in [-0.25, -0.2) is 13.1 Å². The summed E-state index contributed by atoms with van der Waals surface area (Å²) in [5.74, 6) is 0. The molecule has 0 saturated heterocycles. The van der Waals surface area contributed by atoms with Gasteiger partial charge in [-0.3, -0.25) is 0 Å². The molecule has 0 atom stereocenters. The SMILES string of the molecule is CC(C)(CNS(=O)(=O)c1ccccc1Cl)c1c[nH]c2ccccc12. The fraction of sp³-hybridized carbons (Fsp3) is 0.222. The molecule has 2 aromatic carbocycles. The zero-order chi connectivity index (χ0) is 17.4. The number of aromatic nitrogens is 1. The molecular weight excluding hydrogens is 344 g/mol. The standard InChI is InChI=1S/C18H19ClN2O2S/c1-18(2,14-11-20-16-9-5-3-7-13(14)16)12-21-24(22,23)17-10-6-4-8-15(17)19/h3-11,20-21H,12H2,1-2H3. The molecular formula is C18H19ClN2O2S. The van der Waals surface area contributed by atoms with Crippen LogP contribution in [-0.4, -0.2) is 19.9 Å². The van der Waals surface area contributed by atoms with Gasteiger partial charge in [-0.1, -0.05) is 55.8 Å². The molecule has 2 N–H and O–H groups in total. The van der Waals surface area contributed by atoms with Crippen LogP contribution in [0.5, 0.6) is 0 Å². The molecule has 0 aliphatic rings. The Labute approximate surface area is 146 Å². The predicted molar refractivity (Wildman–Crippen MR) is 98.0 cm³/mol. The number of halogens is 1. The minimum absolute atomic E-state index is 0.0985. The highest BCUT2D eigenvalue weighted by molar-refractivity contribution is 7.89. The number of rotatable bonds is 5. The molecule has 3 aromatic rings. The lowest BCUT2D eigenvalue weighted by Gasteiger charge is -2.25. The van der Waals surface area contributed by atoms with E-state index in [1.54, 1.807) is 18.2 Å². The van der Waals surface area contributed by atoms with Crippen molar-refractivity contribution in [2.75, 3.05) is 6.54 Å². The smallest absolute Gasteiger partial charge is 0.242 e. The zero-order valence-electron chi connectivity index (χ0n) is 13.5. The van der Waals surface area contributed by atoms with Crippen molar-refractivity contribution >= 4 is 32.5 Å². The van der Waals surface area contributed by atoms with E-state index < -0.39 is 10.0 Å². The largest absolute Gasteiger partial charge is 0.361 e. The van der Waals surface area contributed by atoms with E-state index in [1.807, 2.05) is 44.3 Å². The number of hydrogen-bond acceptors (Lipinski definition) is 2. The van der Waals surface area contributed by atoms with Crippen molar-refractivity contribution in [3.05, 3.63) is 65.3 Å². The van der Waals surface area contributed by atoms with Crippen LogP contribution in [0.25, 0.3) is 10.9 Å². The minimum atomic E-state index is -3.66. The van der Waals surface area contributed by atoms with Crippen molar-refractivity contribution in [3.8, 4) is 0 Å². The molecule has 1 heterocycles. The van der Waals surface area contributed by atoms with E-state index in [1.165, 1.54) is 6.07 Å². The van der Waals surface area contributed by atoms with Crippen LogP contribution in [0.15, 0.2) is 59.6 Å². The number of nitrogens with one attached hydrogen (secondary N) is 2. The first kappa shape index (κ1) is 17.0. The molecule has 0 amide bonds. The van der Waals surface area contributed by atoms with E-state index in [9.17, 15) is 8.42 Å². The lowest BCUT2D eigenvalue weighted by molar-refractivity contribution is 0.505. The van der Waals surface area contributed by atoms with E-state index in [0.29, 0.717) is 0 Å². The molecule has 0 saturated carbocycles. The Balaban J connectivity index is 1.86. The van der Waals surface area contributed by atoms with Crippen molar-refractivity contribution in [2.24, 2.45) is 0 Å². The minimum Gasteiger partial charge on any atom is -0.361 e. The van der Waals surface area contributed by atoms with Gasteiger partial charge in [0.15, 0.2) is 0 Å². The summed E-state index contributed by atoms with van der Waals surface area (Å²) in [5.41, 5.74) is 1.72. The third-order valence-corrected chi connectivity index (χ3v) is 6.05. The highest BCUT2D eigenvalue weighted by Gasteiger charge is 2.27. The van der Waals surface area contributed by atoms with Crippen LogP contribution < -0.4 is 4.72 Å². The number of H-pyrrole nitrogens is 1. The Morgan fingerprint density at radius 2 is 1.75 bits per heavy atom. The van der Waals surface area contributed by atoms with Crippen LogP contribution in [0, 0.1) is 0 Å². The van der Waals surface area contributed by atoms with Crippen LogP contribution in [0.2, 0.25) is 5.02 Å². The number of para-hydroxylation sites is 1. The first-order valence-electron chi connectivity index (χ1n) is 7.62. The summed E-state index contributed by atoms with van der Waals surface area (Å²) in [6, 6.07) is 14.4. The maximum absolute atomic E-state index is 12.5. The van der Waals surface area contributed by atoms with E-state index in [0.717, 1.165) is 16.5 Å². The second kappa shape index (κ2) is 6.24. The lowest BCUT2D eigenvalue weighted by atomic mass is 9.85. The maximum atomic E-state index is 12.5. The quantitative estimate of drug-likeness (QED) is 0.718. The van der Waals surface area contributed by atoms with Crippen molar-refractivity contribution in [1.82, 2.24) is 9.71 Å². The van der Waals surface area contributed by atoms with Crippen molar-refractivity contribution in [3.63, 3.8) is 0 Å². The second-order valence-electron chi connectivity index (χ2n) is 6.39. The Morgan fingerprint density at radius 3 is 2.50 bits per heavy atom. The summed E-state index contributed by atoms with van der Waals surface area (Å²) in [6.45, 7) is 4.29. The molecule has 0 fully saturated rings. The number of sulfonamides is 1. The van der Waals surface area contributed by atoms with Crippen molar-refractivity contribution in [1.29, 1.82) is 0 Å². The number of benzene rings is 2. The molecule has 0 bridgehead atoms. The summed E-state index contributed by atoms with van der Waals surface area (Å²) in [6.07, 6.45) is 1.94. The third kappa shape index (κ3) is 3.20. The van der Waals surface area contributed by atoms with Gasteiger partial charge in [-0.2, -0.15) is 0 Å². The number of hydrogen-bond donors (Lipinski definition) is 2. The van der Waals surface area contributed by atoms with Crippen molar-refractivity contribution < 1.29 is 8.42 Å². The Hall–Kier alpha value is -1.82. The first-order valence-corrected chi connectivity index (χ1v) is 9.48. The van der Waals surface area contributed by atoms with Crippen molar-refractivity contribution in [2.45, 2.75) is 24.2 Å². The summed E-state index contributed by atoms with van der Waals surface area (Å²) in [4.78, 5) is 3.33. The van der Waals surface area contributed by atoms with Gasteiger partial charge in [0.05, 0.1) is 5.02 Å². The molecule has 4 nitrogen and oxygen atoms in total. The summed E-state index contributed by atoms with van der Waals surface area (Å²) in [5, 5.41) is 1.31. The van der Waals surface area contributed by atoms with Gasteiger partial charge in [0, 0.05) is 29.1 Å². The van der Waals surface area contributed by atoms with Gasteiger partial charge in [-0.05, 0) is 23.8 Å². The molecule has 24 heavy (non-hydrogen) atoms. The molecule has 3 rings (SSSR count). The molecule has 126 valence electrons. The fourth-order valence-electron chi connectivity index (χ4n) is 2.74. The average Bonchev–Trinajstić information content (AvgIpc) is 2.98. The van der Waals surface area contributed by atoms with E-state index in [2.05, 4.69) is 9.71 Å². The van der Waals surface area contributed by atoms with Gasteiger partial charge in [0.2, 0.25) is 10.0 Å².